The Morgan fingerprint density at radius 3 is 2.17 bits per heavy atom. The van der Waals surface area contributed by atoms with Gasteiger partial charge >= 0.3 is 0 Å². The van der Waals surface area contributed by atoms with Gasteiger partial charge in [-0.3, -0.25) is 4.79 Å². The number of carbonyl (C=O) groups is 1. The van der Waals surface area contributed by atoms with Crippen LogP contribution >= 0.6 is 11.6 Å². The minimum Gasteiger partial charge on any atom is -0.507 e. The Labute approximate surface area is 236 Å². The van der Waals surface area contributed by atoms with Gasteiger partial charge in [-0.1, -0.05) is 28.9 Å². The molecule has 2 N–H and O–H groups in total. The Hall–Kier alpha value is -4.63. The van der Waals surface area contributed by atoms with Crippen molar-refractivity contribution in [1.82, 2.24) is 10.1 Å². The van der Waals surface area contributed by atoms with E-state index in [0.717, 1.165) is 23.1 Å². The SMILES string of the molecule is COc1ccc(-c2c(/C=C/C(=O)N3CCN(c4ccc(OC)cc4)CC3)noc2-c2cc(Cl)c(O)cc2O)cc1. The Morgan fingerprint density at radius 2 is 1.55 bits per heavy atom. The van der Waals surface area contributed by atoms with Crippen LogP contribution in [0.3, 0.4) is 0 Å². The summed E-state index contributed by atoms with van der Waals surface area (Å²) in [6.45, 7) is 2.56. The molecule has 0 spiro atoms. The van der Waals surface area contributed by atoms with E-state index in [-0.39, 0.29) is 33.8 Å². The number of amides is 1. The third kappa shape index (κ3) is 5.55. The Kier molecular flexibility index (Phi) is 7.84. The van der Waals surface area contributed by atoms with Crippen molar-refractivity contribution in [3.63, 3.8) is 0 Å². The minimum atomic E-state index is -0.258. The van der Waals surface area contributed by atoms with Crippen molar-refractivity contribution >= 4 is 29.3 Å². The summed E-state index contributed by atoms with van der Waals surface area (Å²) in [5.41, 5.74) is 3.00. The van der Waals surface area contributed by atoms with E-state index in [9.17, 15) is 15.0 Å². The molecule has 0 radical (unpaired) electrons. The summed E-state index contributed by atoms with van der Waals surface area (Å²) >= 11 is 6.12. The number of phenols is 2. The molecule has 1 aromatic heterocycles. The maximum atomic E-state index is 13.1. The molecule has 0 saturated carbocycles. The molecule has 1 aliphatic heterocycles. The second kappa shape index (κ2) is 11.6. The second-order valence-electron chi connectivity index (χ2n) is 9.16. The average molecular weight is 562 g/mol. The standard InChI is InChI=1S/C30H28ClN3O6/c1-38-21-7-3-19(4-8-21)29-25(32-40-30(29)23-17-24(31)27(36)18-26(23)35)11-12-28(37)34-15-13-33(14-16-34)20-5-9-22(39-2)10-6-20/h3-12,17-18,35-36H,13-16H2,1-2H3/b12-11+. The van der Waals surface area contributed by atoms with Crippen LogP contribution < -0.4 is 14.4 Å². The van der Waals surface area contributed by atoms with Gasteiger partial charge in [0.05, 0.1) is 30.4 Å². The zero-order valence-corrected chi connectivity index (χ0v) is 22.8. The summed E-state index contributed by atoms with van der Waals surface area (Å²) < 4.78 is 16.2. The van der Waals surface area contributed by atoms with Crippen LogP contribution in [0.4, 0.5) is 5.69 Å². The fraction of sp³-hybridized carbons (Fsp3) is 0.200. The molecule has 3 aromatic carbocycles. The Balaban J connectivity index is 1.38. The van der Waals surface area contributed by atoms with Crippen molar-refractivity contribution < 1.29 is 29.0 Å². The van der Waals surface area contributed by atoms with E-state index in [1.165, 1.54) is 12.1 Å². The van der Waals surface area contributed by atoms with E-state index in [4.69, 9.17) is 25.6 Å². The maximum absolute atomic E-state index is 13.1. The molecule has 0 atom stereocenters. The lowest BCUT2D eigenvalue weighted by Gasteiger charge is -2.35. The van der Waals surface area contributed by atoms with Gasteiger partial charge in [-0.15, -0.1) is 0 Å². The molecule has 1 aliphatic rings. The average Bonchev–Trinajstić information content (AvgIpc) is 3.41. The van der Waals surface area contributed by atoms with Gasteiger partial charge in [0.25, 0.3) is 0 Å². The van der Waals surface area contributed by atoms with E-state index in [1.54, 1.807) is 37.3 Å². The molecule has 9 nitrogen and oxygen atoms in total. The number of benzene rings is 3. The van der Waals surface area contributed by atoms with Crippen molar-refractivity contribution in [2.45, 2.75) is 0 Å². The van der Waals surface area contributed by atoms with E-state index in [1.807, 2.05) is 36.4 Å². The van der Waals surface area contributed by atoms with Crippen LogP contribution in [0.2, 0.25) is 5.02 Å². The lowest BCUT2D eigenvalue weighted by Crippen LogP contribution is -2.48. The van der Waals surface area contributed by atoms with E-state index in [2.05, 4.69) is 10.1 Å². The van der Waals surface area contributed by atoms with Gasteiger partial charge < -0.3 is 34.0 Å². The van der Waals surface area contributed by atoms with Crippen molar-refractivity contribution in [2.75, 3.05) is 45.3 Å². The Bertz CT molecular complexity index is 1520. The summed E-state index contributed by atoms with van der Waals surface area (Å²) in [5.74, 6) is 1.08. The molecular weight excluding hydrogens is 534 g/mol. The monoisotopic (exact) mass is 561 g/mol. The molecule has 5 rings (SSSR count). The number of hydrogen-bond donors (Lipinski definition) is 2. The number of aromatic hydroxyl groups is 2. The zero-order valence-electron chi connectivity index (χ0n) is 22.0. The van der Waals surface area contributed by atoms with Crippen molar-refractivity contribution in [1.29, 1.82) is 0 Å². The van der Waals surface area contributed by atoms with Gasteiger partial charge in [0.2, 0.25) is 5.91 Å². The second-order valence-corrected chi connectivity index (χ2v) is 9.57. The molecule has 0 aliphatic carbocycles. The molecule has 4 aromatic rings. The highest BCUT2D eigenvalue weighted by Crippen LogP contribution is 2.43. The van der Waals surface area contributed by atoms with Gasteiger partial charge in [-0.05, 0) is 54.1 Å². The summed E-state index contributed by atoms with van der Waals surface area (Å²) in [6, 6.07) is 17.6. The van der Waals surface area contributed by atoms with Gasteiger partial charge in [-0.25, -0.2) is 0 Å². The summed E-state index contributed by atoms with van der Waals surface area (Å²) in [5, 5.41) is 24.6. The summed E-state index contributed by atoms with van der Waals surface area (Å²) in [4.78, 5) is 17.1. The fourth-order valence-electron chi connectivity index (χ4n) is 4.60. The predicted octanol–water partition coefficient (Wildman–Crippen LogP) is 5.45. The van der Waals surface area contributed by atoms with E-state index in [0.29, 0.717) is 43.2 Å². The highest BCUT2D eigenvalue weighted by Gasteiger charge is 2.24. The highest BCUT2D eigenvalue weighted by molar-refractivity contribution is 6.32. The quantitative estimate of drug-likeness (QED) is 0.287. The topological polar surface area (TPSA) is 109 Å². The van der Waals surface area contributed by atoms with Crippen LogP contribution in [0.5, 0.6) is 23.0 Å². The number of rotatable bonds is 7. The first-order valence-corrected chi connectivity index (χ1v) is 13.0. The number of methoxy groups -OCH3 is 2. The molecule has 1 amide bonds. The van der Waals surface area contributed by atoms with Gasteiger partial charge in [0.15, 0.2) is 5.76 Å². The molecule has 1 saturated heterocycles. The predicted molar refractivity (Wildman–Crippen MR) is 153 cm³/mol. The third-order valence-corrected chi connectivity index (χ3v) is 7.12. The number of hydrogen-bond acceptors (Lipinski definition) is 8. The fourth-order valence-corrected chi connectivity index (χ4v) is 4.77. The van der Waals surface area contributed by atoms with Crippen LogP contribution in [-0.4, -0.2) is 66.6 Å². The number of nitrogens with zero attached hydrogens (tertiary/aromatic N) is 3. The number of carbonyl (C=O) groups excluding carboxylic acids is 1. The molecule has 0 unspecified atom stereocenters. The van der Waals surface area contributed by atoms with Crippen LogP contribution in [0, 0.1) is 0 Å². The van der Waals surface area contributed by atoms with E-state index < -0.39 is 0 Å². The van der Waals surface area contributed by atoms with Crippen LogP contribution in [0.15, 0.2) is 71.3 Å². The number of halogens is 1. The molecule has 1 fully saturated rings. The Morgan fingerprint density at radius 1 is 0.925 bits per heavy atom. The van der Waals surface area contributed by atoms with Crippen LogP contribution in [0.1, 0.15) is 5.69 Å². The lowest BCUT2D eigenvalue weighted by atomic mass is 9.98. The highest BCUT2D eigenvalue weighted by atomic mass is 35.5. The van der Waals surface area contributed by atoms with Gasteiger partial charge in [0.1, 0.15) is 28.7 Å². The number of piperazine rings is 1. The first-order chi connectivity index (χ1) is 19.4. The molecule has 2 heterocycles. The third-order valence-electron chi connectivity index (χ3n) is 6.82. The molecule has 206 valence electrons. The maximum Gasteiger partial charge on any atom is 0.246 e. The number of phenolic OH excluding ortho intramolecular Hbond substituents is 2. The smallest absolute Gasteiger partial charge is 0.246 e. The van der Waals surface area contributed by atoms with Crippen LogP contribution in [-0.2, 0) is 4.79 Å². The molecule has 10 heteroatoms. The molecule has 40 heavy (non-hydrogen) atoms. The van der Waals surface area contributed by atoms with Crippen LogP contribution in [0.25, 0.3) is 28.5 Å². The van der Waals surface area contributed by atoms with Crippen molar-refractivity contribution in [3.8, 4) is 45.4 Å². The van der Waals surface area contributed by atoms with E-state index >= 15 is 0 Å². The molecular formula is C30H28ClN3O6. The zero-order chi connectivity index (χ0) is 28.2. The van der Waals surface area contributed by atoms with Gasteiger partial charge in [0, 0.05) is 44.0 Å². The number of anilines is 1. The van der Waals surface area contributed by atoms with Gasteiger partial charge in [-0.2, -0.15) is 0 Å². The largest absolute Gasteiger partial charge is 0.507 e. The normalized spacial score (nSPS) is 13.6. The minimum absolute atomic E-state index is 0.0472. The lowest BCUT2D eigenvalue weighted by molar-refractivity contribution is -0.126. The first-order valence-electron chi connectivity index (χ1n) is 12.6. The summed E-state index contributed by atoms with van der Waals surface area (Å²) in [6.07, 6.45) is 3.07. The number of aromatic nitrogens is 1. The first kappa shape index (κ1) is 27.0. The number of ether oxygens (including phenoxy) is 2. The van der Waals surface area contributed by atoms with Crippen molar-refractivity contribution in [3.05, 3.63) is 77.5 Å². The van der Waals surface area contributed by atoms with Crippen molar-refractivity contribution in [2.24, 2.45) is 0 Å². The molecule has 0 bridgehead atoms. The summed E-state index contributed by atoms with van der Waals surface area (Å²) in [7, 11) is 3.21.